The molecule has 0 spiro atoms. The van der Waals surface area contributed by atoms with E-state index >= 15 is 0 Å². The third-order valence-electron chi connectivity index (χ3n) is 2.26. The number of carbonyl (C=O) groups is 5. The maximum absolute atomic E-state index is 11.4. The van der Waals surface area contributed by atoms with Crippen molar-refractivity contribution in [2.24, 2.45) is 11.5 Å². The lowest BCUT2D eigenvalue weighted by atomic mass is 10.1. The van der Waals surface area contributed by atoms with Crippen molar-refractivity contribution < 1.29 is 52.5 Å². The minimum absolute atomic E-state index is 0.278. The van der Waals surface area contributed by atoms with Gasteiger partial charge in [-0.2, -0.15) is 13.2 Å². The highest BCUT2D eigenvalue weighted by Gasteiger charge is 2.38. The number of nitrogens with one attached hydrogen (secondary N) is 1. The van der Waals surface area contributed by atoms with E-state index in [0.717, 1.165) is 0 Å². The Kier molecular flexibility index (Phi) is 10.5. The highest BCUT2D eigenvalue weighted by atomic mass is 19.4. The number of primary amides is 1. The van der Waals surface area contributed by atoms with Crippen molar-refractivity contribution in [3.63, 3.8) is 0 Å². The molecule has 0 saturated heterocycles. The summed E-state index contributed by atoms with van der Waals surface area (Å²) >= 11 is 0. The van der Waals surface area contributed by atoms with Crippen LogP contribution in [0, 0.1) is 0 Å². The maximum atomic E-state index is 11.4. The van der Waals surface area contributed by atoms with E-state index < -0.39 is 60.8 Å². The molecule has 144 valence electrons. The Balaban J connectivity index is 0. The number of amides is 2. The number of hydrogen-bond acceptors (Lipinski definition) is 6. The Bertz CT molecular complexity index is 523. The number of carbonyl (C=O) groups excluding carboxylic acids is 2. The normalized spacial score (nSPS) is 12.8. The average molecular weight is 375 g/mol. The summed E-state index contributed by atoms with van der Waals surface area (Å²) in [6.07, 6.45) is -6.20. The van der Waals surface area contributed by atoms with Crippen LogP contribution in [0.2, 0.25) is 0 Å². The Labute approximate surface area is 137 Å². The van der Waals surface area contributed by atoms with E-state index in [0.29, 0.717) is 0 Å². The number of rotatable bonds is 8. The predicted molar refractivity (Wildman–Crippen MR) is 71.9 cm³/mol. The molecule has 8 N–H and O–H groups in total. The highest BCUT2D eigenvalue weighted by molar-refractivity contribution is 5.90. The summed E-state index contributed by atoms with van der Waals surface area (Å²) in [5.41, 5.74) is 10.1. The van der Waals surface area contributed by atoms with E-state index in [-0.39, 0.29) is 6.42 Å². The van der Waals surface area contributed by atoms with Crippen LogP contribution in [0.1, 0.15) is 19.3 Å². The molecular weight excluding hydrogens is 359 g/mol. The van der Waals surface area contributed by atoms with E-state index in [1.807, 2.05) is 5.32 Å². The maximum Gasteiger partial charge on any atom is 0.490 e. The van der Waals surface area contributed by atoms with Gasteiger partial charge in [-0.25, -0.2) is 9.59 Å². The molecule has 0 aromatic heterocycles. The third kappa shape index (κ3) is 13.3. The molecule has 0 unspecified atom stereocenters. The first-order valence-corrected chi connectivity index (χ1v) is 6.27. The van der Waals surface area contributed by atoms with E-state index in [1.54, 1.807) is 0 Å². The molecule has 2 amide bonds. The molecule has 0 aromatic rings. The van der Waals surface area contributed by atoms with Gasteiger partial charge in [-0.15, -0.1) is 0 Å². The molecule has 0 rings (SSSR count). The van der Waals surface area contributed by atoms with Gasteiger partial charge in [0.15, 0.2) is 0 Å². The van der Waals surface area contributed by atoms with Crippen molar-refractivity contribution in [2.45, 2.75) is 37.5 Å². The minimum Gasteiger partial charge on any atom is -0.481 e. The fraction of sp³-hybridized carbons (Fsp3) is 0.545. The fourth-order valence-electron chi connectivity index (χ4n) is 1.11. The molecule has 11 nitrogen and oxygen atoms in total. The number of alkyl halides is 3. The molecule has 0 radical (unpaired) electrons. The van der Waals surface area contributed by atoms with Crippen molar-refractivity contribution in [3.05, 3.63) is 0 Å². The van der Waals surface area contributed by atoms with Gasteiger partial charge in [0.05, 0.1) is 12.5 Å². The number of hydrogen-bond donors (Lipinski definition) is 6. The topological polar surface area (TPSA) is 210 Å². The summed E-state index contributed by atoms with van der Waals surface area (Å²) in [6, 6.07) is -2.62. The molecule has 0 fully saturated rings. The second-order valence-electron chi connectivity index (χ2n) is 4.41. The van der Waals surface area contributed by atoms with Crippen molar-refractivity contribution in [3.8, 4) is 0 Å². The van der Waals surface area contributed by atoms with Crippen LogP contribution in [0.15, 0.2) is 0 Å². The number of halogens is 3. The summed E-state index contributed by atoms with van der Waals surface area (Å²) < 4.78 is 31.7. The first kappa shape index (κ1) is 24.4. The van der Waals surface area contributed by atoms with Gasteiger partial charge in [0, 0.05) is 6.42 Å². The molecule has 0 aliphatic rings. The van der Waals surface area contributed by atoms with Gasteiger partial charge in [-0.1, -0.05) is 0 Å². The summed E-state index contributed by atoms with van der Waals surface area (Å²) in [5.74, 6) is -6.98. The zero-order chi connectivity index (χ0) is 20.4. The van der Waals surface area contributed by atoms with Gasteiger partial charge in [-0.3, -0.25) is 14.4 Å². The Morgan fingerprint density at radius 2 is 1.48 bits per heavy atom. The average Bonchev–Trinajstić information content (AvgIpc) is 2.41. The van der Waals surface area contributed by atoms with Crippen LogP contribution < -0.4 is 16.8 Å². The molecule has 0 bridgehead atoms. The summed E-state index contributed by atoms with van der Waals surface area (Å²) in [6.45, 7) is 0. The fourth-order valence-corrected chi connectivity index (χ4v) is 1.11. The summed E-state index contributed by atoms with van der Waals surface area (Å²) in [4.78, 5) is 51.8. The van der Waals surface area contributed by atoms with Gasteiger partial charge in [0.1, 0.15) is 6.04 Å². The number of carboxylic acid groups (broad SMARTS) is 3. The van der Waals surface area contributed by atoms with Gasteiger partial charge in [-0.05, 0) is 6.42 Å². The standard InChI is InChI=1S/C9H15N3O6.C2HF3O2/c10-4(3-6(11)13)8(16)12-5(9(17)18)1-2-7(14)15;3-2(4,5)1(6)7/h4-5H,1-3,10H2,(H2,11,13)(H,12,16)(H,14,15)(H,17,18);(H,6,7)/t4-,5-;/m0./s1. The van der Waals surface area contributed by atoms with Gasteiger partial charge < -0.3 is 32.1 Å². The van der Waals surface area contributed by atoms with Crippen molar-refractivity contribution in [2.75, 3.05) is 0 Å². The van der Waals surface area contributed by atoms with Crippen LogP contribution in [-0.4, -0.2) is 63.3 Å². The van der Waals surface area contributed by atoms with E-state index in [2.05, 4.69) is 0 Å². The Morgan fingerprint density at radius 1 is 1.04 bits per heavy atom. The second kappa shape index (κ2) is 10.8. The van der Waals surface area contributed by atoms with Gasteiger partial charge >= 0.3 is 24.1 Å². The summed E-state index contributed by atoms with van der Waals surface area (Å²) in [7, 11) is 0. The minimum atomic E-state index is -5.08. The van der Waals surface area contributed by atoms with E-state index in [9.17, 15) is 32.3 Å². The van der Waals surface area contributed by atoms with Crippen LogP contribution in [0.4, 0.5) is 13.2 Å². The highest BCUT2D eigenvalue weighted by Crippen LogP contribution is 2.13. The first-order chi connectivity index (χ1) is 11.2. The third-order valence-corrected chi connectivity index (χ3v) is 2.26. The van der Waals surface area contributed by atoms with Crippen LogP contribution in [0.5, 0.6) is 0 Å². The van der Waals surface area contributed by atoms with Crippen molar-refractivity contribution in [1.29, 1.82) is 0 Å². The molecule has 0 aromatic carbocycles. The van der Waals surface area contributed by atoms with E-state index in [4.69, 9.17) is 31.6 Å². The largest absolute Gasteiger partial charge is 0.490 e. The number of aliphatic carboxylic acids is 3. The Morgan fingerprint density at radius 3 is 1.76 bits per heavy atom. The quantitative estimate of drug-likeness (QED) is 0.284. The van der Waals surface area contributed by atoms with Crippen molar-refractivity contribution >= 4 is 29.7 Å². The van der Waals surface area contributed by atoms with Crippen LogP contribution in [-0.2, 0) is 24.0 Å². The summed E-state index contributed by atoms with van der Waals surface area (Å²) in [5, 5.41) is 26.3. The van der Waals surface area contributed by atoms with E-state index in [1.165, 1.54) is 0 Å². The van der Waals surface area contributed by atoms with Crippen LogP contribution in [0.25, 0.3) is 0 Å². The smallest absolute Gasteiger partial charge is 0.481 e. The lowest BCUT2D eigenvalue weighted by Gasteiger charge is -2.16. The first-order valence-electron chi connectivity index (χ1n) is 6.27. The zero-order valence-corrected chi connectivity index (χ0v) is 12.4. The van der Waals surface area contributed by atoms with Gasteiger partial charge in [0.2, 0.25) is 11.8 Å². The number of carboxylic acids is 3. The lowest BCUT2D eigenvalue weighted by molar-refractivity contribution is -0.192. The van der Waals surface area contributed by atoms with Crippen LogP contribution >= 0.6 is 0 Å². The molecule has 0 heterocycles. The zero-order valence-electron chi connectivity index (χ0n) is 12.4. The Hall–Kier alpha value is -2.90. The molecular formula is C11H16F3N3O8. The SMILES string of the molecule is NC(=O)C[C@H](N)C(=O)N[C@@H](CCC(=O)O)C(=O)O.O=C(O)C(F)(F)F. The molecule has 0 saturated carbocycles. The molecule has 25 heavy (non-hydrogen) atoms. The molecule has 2 atom stereocenters. The van der Waals surface area contributed by atoms with Gasteiger partial charge in [0.25, 0.3) is 0 Å². The monoisotopic (exact) mass is 375 g/mol. The molecule has 14 heteroatoms. The predicted octanol–water partition coefficient (Wildman–Crippen LogP) is -1.74. The number of nitrogens with two attached hydrogens (primary N) is 2. The lowest BCUT2D eigenvalue weighted by Crippen LogP contribution is -2.49. The molecule has 0 aliphatic heterocycles. The van der Waals surface area contributed by atoms with Crippen LogP contribution in [0.3, 0.4) is 0 Å². The second-order valence-corrected chi connectivity index (χ2v) is 4.41. The molecule has 0 aliphatic carbocycles. The van der Waals surface area contributed by atoms with Crippen molar-refractivity contribution in [1.82, 2.24) is 5.32 Å².